The molecule has 0 atom stereocenters. The number of halogens is 1. The first-order valence-corrected chi connectivity index (χ1v) is 11.7. The van der Waals surface area contributed by atoms with Crippen molar-refractivity contribution in [3.8, 4) is 0 Å². The van der Waals surface area contributed by atoms with Gasteiger partial charge in [0.05, 0.1) is 26.2 Å². The van der Waals surface area contributed by atoms with Crippen molar-refractivity contribution in [1.29, 1.82) is 0 Å². The number of rotatable bonds is 16. The van der Waals surface area contributed by atoms with Crippen LogP contribution in [0.2, 0.25) is 0 Å². The number of unbranched alkanes of at least 4 members (excludes halogenated alkanes) is 13. The summed E-state index contributed by atoms with van der Waals surface area (Å²) in [6, 6.07) is 0. The van der Waals surface area contributed by atoms with Crippen molar-refractivity contribution in [2.24, 2.45) is 0 Å². The maximum Gasteiger partial charge on any atom is 0.0786 e. The van der Waals surface area contributed by atoms with Gasteiger partial charge in [-0.3, -0.25) is 0 Å². The third-order valence-corrected chi connectivity index (χ3v) is 6.42. The Morgan fingerprint density at radius 3 is 1.32 bits per heavy atom. The van der Waals surface area contributed by atoms with Gasteiger partial charge in [0, 0.05) is 0 Å². The predicted octanol–water partition coefficient (Wildman–Crippen LogP) is 4.49. The molecule has 1 rings (SSSR count). The van der Waals surface area contributed by atoms with E-state index in [1.807, 2.05) is 0 Å². The summed E-state index contributed by atoms with van der Waals surface area (Å²) < 4.78 is 1.44. The lowest BCUT2D eigenvalue weighted by Gasteiger charge is -2.41. The molecule has 25 heavy (non-hydrogen) atoms. The lowest BCUT2D eigenvalue weighted by Crippen LogP contribution is -3.00. The van der Waals surface area contributed by atoms with E-state index < -0.39 is 0 Å². The van der Waals surface area contributed by atoms with Gasteiger partial charge in [-0.15, -0.1) is 0 Å². The molecular weight excluding hydrogens is 370 g/mol. The van der Waals surface area contributed by atoms with Crippen LogP contribution < -0.4 is 17.0 Å². The smallest absolute Gasteiger partial charge is 0.0786 e. The van der Waals surface area contributed by atoms with Gasteiger partial charge in [0.25, 0.3) is 0 Å². The van der Waals surface area contributed by atoms with Crippen LogP contribution in [0, 0.1) is 0 Å². The zero-order valence-corrected chi connectivity index (χ0v) is 19.3. The van der Waals surface area contributed by atoms with E-state index in [1.165, 1.54) is 140 Å². The Morgan fingerprint density at radius 2 is 0.920 bits per heavy atom. The van der Waals surface area contributed by atoms with Gasteiger partial charge in [-0.05, 0) is 39.0 Å². The normalized spacial score (nSPS) is 16.6. The van der Waals surface area contributed by atoms with Crippen LogP contribution in [0.4, 0.5) is 0 Å². The molecule has 2 heteroatoms. The molecule has 0 radical (unpaired) electrons. The van der Waals surface area contributed by atoms with Crippen molar-refractivity contribution in [2.45, 2.75) is 123 Å². The number of piperidine rings is 1. The van der Waals surface area contributed by atoms with E-state index in [1.54, 1.807) is 0 Å². The topological polar surface area (TPSA) is 0 Å². The molecular formula is C23H48BrN. The van der Waals surface area contributed by atoms with E-state index in [-0.39, 0.29) is 17.0 Å². The summed E-state index contributed by atoms with van der Waals surface area (Å²) >= 11 is 0. The number of nitrogens with zero attached hydrogens (tertiary/aromatic N) is 1. The highest BCUT2D eigenvalue weighted by atomic mass is 79.9. The van der Waals surface area contributed by atoms with E-state index in [0.29, 0.717) is 0 Å². The van der Waals surface area contributed by atoms with Crippen molar-refractivity contribution in [2.75, 3.05) is 26.2 Å². The maximum atomic E-state index is 2.41. The molecule has 0 saturated carbocycles. The van der Waals surface area contributed by atoms with Crippen LogP contribution in [-0.4, -0.2) is 30.7 Å². The van der Waals surface area contributed by atoms with Crippen molar-refractivity contribution < 1.29 is 21.5 Å². The van der Waals surface area contributed by atoms with Gasteiger partial charge in [-0.1, -0.05) is 84.0 Å². The van der Waals surface area contributed by atoms with E-state index in [4.69, 9.17) is 0 Å². The van der Waals surface area contributed by atoms with Crippen LogP contribution in [0.25, 0.3) is 0 Å². The Labute approximate surface area is 170 Å². The number of quaternary nitrogens is 1. The first kappa shape index (κ1) is 25.4. The van der Waals surface area contributed by atoms with Crippen LogP contribution in [0.15, 0.2) is 0 Å². The summed E-state index contributed by atoms with van der Waals surface area (Å²) in [5.41, 5.74) is 0. The number of hydrogen-bond acceptors (Lipinski definition) is 0. The van der Waals surface area contributed by atoms with Gasteiger partial charge >= 0.3 is 0 Å². The molecule has 0 amide bonds. The zero-order valence-electron chi connectivity index (χ0n) is 17.7. The second-order valence-electron chi connectivity index (χ2n) is 8.49. The maximum absolute atomic E-state index is 2.41. The molecule has 1 heterocycles. The second kappa shape index (κ2) is 17.8. The third-order valence-electron chi connectivity index (χ3n) is 6.42. The molecule has 0 aliphatic carbocycles. The van der Waals surface area contributed by atoms with Crippen LogP contribution in [-0.2, 0) is 0 Å². The Morgan fingerprint density at radius 1 is 0.520 bits per heavy atom. The average Bonchev–Trinajstić information content (AvgIpc) is 2.63. The molecule has 0 bridgehead atoms. The molecule has 0 spiro atoms. The molecule has 1 saturated heterocycles. The minimum atomic E-state index is 0. The molecule has 0 unspecified atom stereocenters. The molecule has 1 aliphatic rings. The molecule has 0 N–H and O–H groups in total. The fourth-order valence-electron chi connectivity index (χ4n) is 4.52. The lowest BCUT2D eigenvalue weighted by atomic mass is 10.0. The van der Waals surface area contributed by atoms with Gasteiger partial charge in [0.15, 0.2) is 0 Å². The molecule has 1 aliphatic heterocycles. The minimum absolute atomic E-state index is 0. The SMILES string of the molecule is CCCCCCCCCCCCCCCC[N+]1(CC)CCCCC1.[Br-]. The summed E-state index contributed by atoms with van der Waals surface area (Å²) in [6.07, 6.45) is 25.1. The standard InChI is InChI=1S/C23H48N.BrH/c1-3-5-6-7-8-9-10-11-12-13-14-15-16-18-21-24(4-2)22-19-17-20-23-24;/h3-23H2,1-2H3;1H/q+1;/p-1. The van der Waals surface area contributed by atoms with Gasteiger partial charge in [0.2, 0.25) is 0 Å². The van der Waals surface area contributed by atoms with Gasteiger partial charge < -0.3 is 21.5 Å². The molecule has 152 valence electrons. The van der Waals surface area contributed by atoms with Gasteiger partial charge in [0.1, 0.15) is 0 Å². The third kappa shape index (κ3) is 13.3. The predicted molar refractivity (Wildman–Crippen MR) is 110 cm³/mol. The monoisotopic (exact) mass is 417 g/mol. The van der Waals surface area contributed by atoms with E-state index in [2.05, 4.69) is 13.8 Å². The highest BCUT2D eigenvalue weighted by Gasteiger charge is 2.26. The molecule has 1 nitrogen and oxygen atoms in total. The van der Waals surface area contributed by atoms with Crippen LogP contribution in [0.5, 0.6) is 0 Å². The number of hydrogen-bond donors (Lipinski definition) is 0. The van der Waals surface area contributed by atoms with Crippen molar-refractivity contribution >= 4 is 0 Å². The largest absolute Gasteiger partial charge is 1.00 e. The average molecular weight is 419 g/mol. The first-order chi connectivity index (χ1) is 11.8. The van der Waals surface area contributed by atoms with Gasteiger partial charge in [-0.2, -0.15) is 0 Å². The summed E-state index contributed by atoms with van der Waals surface area (Å²) in [7, 11) is 0. The zero-order chi connectivity index (χ0) is 17.3. The van der Waals surface area contributed by atoms with Crippen molar-refractivity contribution in [3.63, 3.8) is 0 Å². The van der Waals surface area contributed by atoms with E-state index in [9.17, 15) is 0 Å². The Kier molecular flexibility index (Phi) is 18.1. The quantitative estimate of drug-likeness (QED) is 0.256. The van der Waals surface area contributed by atoms with Crippen molar-refractivity contribution in [3.05, 3.63) is 0 Å². The fraction of sp³-hybridized carbons (Fsp3) is 1.00. The molecule has 0 aromatic rings. The summed E-state index contributed by atoms with van der Waals surface area (Å²) in [5, 5.41) is 0. The summed E-state index contributed by atoms with van der Waals surface area (Å²) in [6.45, 7) is 10.5. The molecule has 1 fully saturated rings. The van der Waals surface area contributed by atoms with Crippen molar-refractivity contribution in [1.82, 2.24) is 0 Å². The highest BCUT2D eigenvalue weighted by molar-refractivity contribution is 4.55. The summed E-state index contributed by atoms with van der Waals surface area (Å²) in [5.74, 6) is 0. The van der Waals surface area contributed by atoms with Gasteiger partial charge in [-0.25, -0.2) is 0 Å². The fourth-order valence-corrected chi connectivity index (χ4v) is 4.52. The van der Waals surface area contributed by atoms with Crippen LogP contribution >= 0.6 is 0 Å². The Hall–Kier alpha value is 0.440. The van der Waals surface area contributed by atoms with Crippen LogP contribution in [0.3, 0.4) is 0 Å². The molecule has 0 aromatic carbocycles. The molecule has 0 aromatic heterocycles. The Balaban J connectivity index is 0.00000576. The van der Waals surface area contributed by atoms with E-state index in [0.717, 1.165) is 0 Å². The second-order valence-corrected chi connectivity index (χ2v) is 8.49. The Bertz CT molecular complexity index is 261. The minimum Gasteiger partial charge on any atom is -1.00 e. The van der Waals surface area contributed by atoms with E-state index >= 15 is 0 Å². The number of likely N-dealkylation sites (tertiary alicyclic amines) is 1. The van der Waals surface area contributed by atoms with Crippen LogP contribution in [0.1, 0.15) is 123 Å². The summed E-state index contributed by atoms with van der Waals surface area (Å²) in [4.78, 5) is 0. The lowest BCUT2D eigenvalue weighted by molar-refractivity contribution is -0.931. The first-order valence-electron chi connectivity index (χ1n) is 11.7. The highest BCUT2D eigenvalue weighted by Crippen LogP contribution is 2.20.